The van der Waals surface area contributed by atoms with Crippen LogP contribution in [0.1, 0.15) is 5.01 Å². The van der Waals surface area contributed by atoms with Gasteiger partial charge in [-0.25, -0.2) is 0 Å². The number of nitrogens with zero attached hydrogens (tertiary/aromatic N) is 4. The molecule has 3 rings (SSSR count). The number of rotatable bonds is 1. The first-order chi connectivity index (χ1) is 7.74. The van der Waals surface area contributed by atoms with Crippen LogP contribution in [0.25, 0.3) is 16.3 Å². The second-order valence-corrected chi connectivity index (χ2v) is 5.43. The molecule has 1 aromatic carbocycles. The molecule has 4 nitrogen and oxygen atoms in total. The van der Waals surface area contributed by atoms with E-state index in [2.05, 4.69) is 31.2 Å². The zero-order valence-electron chi connectivity index (χ0n) is 8.38. The SMILES string of the molecule is Cc1nn2c(-c3cccc(Br)c3)nnc2s1. The molecule has 3 aromatic rings. The summed E-state index contributed by atoms with van der Waals surface area (Å²) in [6.07, 6.45) is 0. The van der Waals surface area contributed by atoms with Gasteiger partial charge in [-0.1, -0.05) is 39.4 Å². The van der Waals surface area contributed by atoms with Crippen molar-refractivity contribution >= 4 is 32.2 Å². The van der Waals surface area contributed by atoms with E-state index >= 15 is 0 Å². The van der Waals surface area contributed by atoms with Crippen LogP contribution in [-0.2, 0) is 0 Å². The molecule has 0 fully saturated rings. The lowest BCUT2D eigenvalue weighted by Gasteiger charge is -1.97. The van der Waals surface area contributed by atoms with Crippen molar-refractivity contribution in [3.05, 3.63) is 33.7 Å². The largest absolute Gasteiger partial charge is 0.234 e. The van der Waals surface area contributed by atoms with E-state index in [0.717, 1.165) is 25.8 Å². The van der Waals surface area contributed by atoms with Crippen molar-refractivity contribution in [3.8, 4) is 11.4 Å². The Morgan fingerprint density at radius 2 is 2.19 bits per heavy atom. The first-order valence-corrected chi connectivity index (χ1v) is 6.30. The van der Waals surface area contributed by atoms with Gasteiger partial charge < -0.3 is 0 Å². The molecular weight excluding hydrogens is 288 g/mol. The maximum atomic E-state index is 4.37. The van der Waals surface area contributed by atoms with Crippen molar-refractivity contribution in [2.45, 2.75) is 6.92 Å². The lowest BCUT2D eigenvalue weighted by molar-refractivity contribution is 0.941. The highest BCUT2D eigenvalue weighted by Crippen LogP contribution is 2.23. The molecule has 2 heterocycles. The fraction of sp³-hybridized carbons (Fsp3) is 0.100. The Labute approximate surface area is 104 Å². The lowest BCUT2D eigenvalue weighted by atomic mass is 10.2. The maximum Gasteiger partial charge on any atom is 0.234 e. The third-order valence-electron chi connectivity index (χ3n) is 2.17. The van der Waals surface area contributed by atoms with E-state index in [-0.39, 0.29) is 0 Å². The Kier molecular flexibility index (Phi) is 2.26. The minimum absolute atomic E-state index is 0.778. The minimum atomic E-state index is 0.778. The van der Waals surface area contributed by atoms with Crippen LogP contribution in [0, 0.1) is 6.92 Å². The second-order valence-electron chi connectivity index (χ2n) is 3.35. The molecule has 0 aliphatic carbocycles. The quantitative estimate of drug-likeness (QED) is 0.693. The molecule has 0 radical (unpaired) electrons. The van der Waals surface area contributed by atoms with Gasteiger partial charge >= 0.3 is 0 Å². The van der Waals surface area contributed by atoms with Crippen molar-refractivity contribution < 1.29 is 0 Å². The molecule has 0 atom stereocenters. The number of hydrogen-bond acceptors (Lipinski definition) is 4. The Hall–Kier alpha value is -1.27. The molecule has 0 aliphatic rings. The smallest absolute Gasteiger partial charge is 0.183 e. The molecule has 0 saturated carbocycles. The van der Waals surface area contributed by atoms with Crippen molar-refractivity contribution in [2.75, 3.05) is 0 Å². The lowest BCUT2D eigenvalue weighted by Crippen LogP contribution is -1.90. The van der Waals surface area contributed by atoms with Gasteiger partial charge in [-0.2, -0.15) is 9.61 Å². The summed E-state index contributed by atoms with van der Waals surface area (Å²) in [5.74, 6) is 0.778. The molecule has 0 unspecified atom stereocenters. The van der Waals surface area contributed by atoms with E-state index in [1.807, 2.05) is 31.2 Å². The first kappa shape index (κ1) is 9.92. The number of aryl methyl sites for hydroxylation is 1. The molecule has 2 aromatic heterocycles. The van der Waals surface area contributed by atoms with E-state index < -0.39 is 0 Å². The number of hydrogen-bond donors (Lipinski definition) is 0. The zero-order valence-corrected chi connectivity index (χ0v) is 10.8. The van der Waals surface area contributed by atoms with Gasteiger partial charge in [0.1, 0.15) is 5.01 Å². The Morgan fingerprint density at radius 3 is 3.00 bits per heavy atom. The molecule has 0 bridgehead atoms. The van der Waals surface area contributed by atoms with Gasteiger partial charge in [-0.05, 0) is 19.1 Å². The molecular formula is C10H7BrN4S. The van der Waals surface area contributed by atoms with Crippen LogP contribution < -0.4 is 0 Å². The topological polar surface area (TPSA) is 43.1 Å². The number of benzene rings is 1. The molecule has 0 spiro atoms. The molecule has 0 amide bonds. The van der Waals surface area contributed by atoms with E-state index in [4.69, 9.17) is 0 Å². The molecule has 0 saturated heterocycles. The van der Waals surface area contributed by atoms with Crippen LogP contribution in [0.4, 0.5) is 0 Å². The van der Waals surface area contributed by atoms with Crippen molar-refractivity contribution in [3.63, 3.8) is 0 Å². The van der Waals surface area contributed by atoms with Gasteiger partial charge in [0.2, 0.25) is 4.96 Å². The second kappa shape index (κ2) is 3.64. The van der Waals surface area contributed by atoms with Gasteiger partial charge in [0, 0.05) is 10.0 Å². The summed E-state index contributed by atoms with van der Waals surface area (Å²) in [4.78, 5) is 0.826. The summed E-state index contributed by atoms with van der Waals surface area (Å²) in [6.45, 7) is 1.96. The van der Waals surface area contributed by atoms with Gasteiger partial charge in [-0.15, -0.1) is 10.2 Å². The predicted molar refractivity (Wildman–Crippen MR) is 66.5 cm³/mol. The summed E-state index contributed by atoms with van der Waals surface area (Å²) >= 11 is 4.98. The molecule has 6 heteroatoms. The van der Waals surface area contributed by atoms with E-state index in [1.165, 1.54) is 11.3 Å². The average Bonchev–Trinajstić information content (AvgIpc) is 2.76. The van der Waals surface area contributed by atoms with Crippen molar-refractivity contribution in [1.29, 1.82) is 0 Å². The summed E-state index contributed by atoms with van der Waals surface area (Å²) in [5, 5.41) is 13.6. The van der Waals surface area contributed by atoms with Gasteiger partial charge in [0.15, 0.2) is 5.82 Å². The van der Waals surface area contributed by atoms with Gasteiger partial charge in [0.05, 0.1) is 0 Å². The highest BCUT2D eigenvalue weighted by Gasteiger charge is 2.11. The first-order valence-electron chi connectivity index (χ1n) is 4.69. The van der Waals surface area contributed by atoms with E-state index in [9.17, 15) is 0 Å². The van der Waals surface area contributed by atoms with Crippen LogP contribution in [0.2, 0.25) is 0 Å². The zero-order chi connectivity index (χ0) is 11.1. The van der Waals surface area contributed by atoms with Crippen molar-refractivity contribution in [2.24, 2.45) is 0 Å². The number of aromatic nitrogens is 4. The van der Waals surface area contributed by atoms with Gasteiger partial charge in [0.25, 0.3) is 0 Å². The van der Waals surface area contributed by atoms with E-state index in [1.54, 1.807) is 4.52 Å². The average molecular weight is 295 g/mol. The van der Waals surface area contributed by atoms with Gasteiger partial charge in [-0.3, -0.25) is 0 Å². The fourth-order valence-corrected chi connectivity index (χ4v) is 2.60. The summed E-state index contributed by atoms with van der Waals surface area (Å²) in [5.41, 5.74) is 1.01. The Bertz CT molecular complexity index is 658. The van der Waals surface area contributed by atoms with Crippen LogP contribution in [0.15, 0.2) is 28.7 Å². The Morgan fingerprint density at radius 1 is 1.31 bits per heavy atom. The molecule has 0 aliphatic heterocycles. The fourth-order valence-electron chi connectivity index (χ4n) is 1.52. The number of halogens is 1. The van der Waals surface area contributed by atoms with Crippen LogP contribution in [0.5, 0.6) is 0 Å². The maximum absolute atomic E-state index is 4.37. The summed E-state index contributed by atoms with van der Waals surface area (Å²) in [7, 11) is 0. The highest BCUT2D eigenvalue weighted by molar-refractivity contribution is 9.10. The van der Waals surface area contributed by atoms with Crippen molar-refractivity contribution in [1.82, 2.24) is 19.8 Å². The summed E-state index contributed by atoms with van der Waals surface area (Å²) < 4.78 is 2.80. The molecule has 0 N–H and O–H groups in total. The van der Waals surface area contributed by atoms with Crippen LogP contribution >= 0.6 is 27.3 Å². The molecule has 80 valence electrons. The standard InChI is InChI=1S/C10H7BrN4S/c1-6-14-15-9(12-13-10(15)16-6)7-3-2-4-8(11)5-7/h2-5H,1H3. The third-order valence-corrected chi connectivity index (χ3v) is 3.48. The molecule has 16 heavy (non-hydrogen) atoms. The van der Waals surface area contributed by atoms with E-state index in [0.29, 0.717) is 0 Å². The predicted octanol–water partition coefficient (Wildman–Crippen LogP) is 2.92. The minimum Gasteiger partial charge on any atom is -0.183 e. The summed E-state index contributed by atoms with van der Waals surface area (Å²) in [6, 6.07) is 7.95. The van der Waals surface area contributed by atoms with Crippen LogP contribution in [0.3, 0.4) is 0 Å². The highest BCUT2D eigenvalue weighted by atomic mass is 79.9. The monoisotopic (exact) mass is 294 g/mol. The Balaban J connectivity index is 2.25. The van der Waals surface area contributed by atoms with Crippen LogP contribution in [-0.4, -0.2) is 19.8 Å². The number of fused-ring (bicyclic) bond motifs is 1. The normalized spacial score (nSPS) is 11.1. The third kappa shape index (κ3) is 1.54.